The van der Waals surface area contributed by atoms with Crippen LogP contribution in [0.15, 0.2) is 6.07 Å². The van der Waals surface area contributed by atoms with Crippen LogP contribution >= 0.6 is 34.3 Å². The second-order valence-corrected chi connectivity index (χ2v) is 9.17. The van der Waals surface area contributed by atoms with Crippen LogP contribution in [0.4, 0.5) is 0 Å². The minimum Gasteiger partial charge on any atom is -0.344 e. The highest BCUT2D eigenvalue weighted by Crippen LogP contribution is 2.40. The Labute approximate surface area is 144 Å². The van der Waals surface area contributed by atoms with E-state index in [2.05, 4.69) is 33.0 Å². The number of hydrogen-bond donors (Lipinski definition) is 1. The van der Waals surface area contributed by atoms with E-state index in [9.17, 15) is 4.79 Å². The van der Waals surface area contributed by atoms with Crippen LogP contribution in [0.2, 0.25) is 4.34 Å². The highest BCUT2D eigenvalue weighted by Gasteiger charge is 2.28. The summed E-state index contributed by atoms with van der Waals surface area (Å²) in [5.41, 5.74) is 3.66. The Morgan fingerprint density at radius 1 is 1.36 bits per heavy atom. The molecule has 1 amide bonds. The van der Waals surface area contributed by atoms with Crippen molar-refractivity contribution in [2.24, 2.45) is 0 Å². The molecule has 0 unspecified atom stereocenters. The lowest BCUT2D eigenvalue weighted by Gasteiger charge is -2.14. The third-order valence-electron chi connectivity index (χ3n) is 4.37. The van der Waals surface area contributed by atoms with Crippen LogP contribution in [-0.4, -0.2) is 5.91 Å². The van der Waals surface area contributed by atoms with Gasteiger partial charge in [0.05, 0.1) is 15.3 Å². The van der Waals surface area contributed by atoms with Gasteiger partial charge < -0.3 is 5.32 Å². The molecule has 5 heteroatoms. The summed E-state index contributed by atoms with van der Waals surface area (Å²) in [5, 5.41) is 3.22. The van der Waals surface area contributed by atoms with Gasteiger partial charge in [-0.05, 0) is 55.4 Å². The fraction of sp³-hybridized carbons (Fsp3) is 0.471. The number of amides is 1. The van der Waals surface area contributed by atoms with E-state index in [0.29, 0.717) is 5.92 Å². The van der Waals surface area contributed by atoms with Crippen LogP contribution in [0.25, 0.3) is 0 Å². The van der Waals surface area contributed by atoms with E-state index in [0.717, 1.165) is 22.1 Å². The molecule has 118 valence electrons. The van der Waals surface area contributed by atoms with Crippen molar-refractivity contribution in [3.63, 3.8) is 0 Å². The summed E-state index contributed by atoms with van der Waals surface area (Å²) in [6.45, 7) is 8.51. The van der Waals surface area contributed by atoms with Crippen molar-refractivity contribution in [3.8, 4) is 0 Å². The monoisotopic (exact) mass is 353 g/mol. The minimum absolute atomic E-state index is 0.0603. The van der Waals surface area contributed by atoms with Crippen LogP contribution in [0.3, 0.4) is 0 Å². The number of nitrogens with one attached hydrogen (secondary N) is 1. The van der Waals surface area contributed by atoms with Gasteiger partial charge in [-0.2, -0.15) is 0 Å². The van der Waals surface area contributed by atoms with Crippen LogP contribution in [0, 0.1) is 13.8 Å². The van der Waals surface area contributed by atoms with Crippen molar-refractivity contribution in [1.29, 1.82) is 0 Å². The van der Waals surface area contributed by atoms with Gasteiger partial charge in [-0.25, -0.2) is 0 Å². The first-order chi connectivity index (χ1) is 10.4. The van der Waals surface area contributed by atoms with Crippen molar-refractivity contribution in [3.05, 3.63) is 41.7 Å². The van der Waals surface area contributed by atoms with Gasteiger partial charge in [0.15, 0.2) is 0 Å². The highest BCUT2D eigenvalue weighted by atomic mass is 35.5. The number of fused-ring (bicyclic) bond motifs is 1. The normalized spacial score (nSPS) is 17.1. The number of carbonyl (C=O) groups is 1. The van der Waals surface area contributed by atoms with E-state index >= 15 is 0 Å². The van der Waals surface area contributed by atoms with Crippen molar-refractivity contribution in [1.82, 2.24) is 5.32 Å². The van der Waals surface area contributed by atoms with Crippen molar-refractivity contribution in [2.75, 3.05) is 0 Å². The van der Waals surface area contributed by atoms with Gasteiger partial charge in [-0.15, -0.1) is 22.7 Å². The van der Waals surface area contributed by atoms with E-state index in [4.69, 9.17) is 11.6 Å². The van der Waals surface area contributed by atoms with E-state index in [-0.39, 0.29) is 11.9 Å². The summed E-state index contributed by atoms with van der Waals surface area (Å²) < 4.78 is 0.814. The quantitative estimate of drug-likeness (QED) is 0.762. The average Bonchev–Trinajstić information content (AvgIpc) is 3.06. The van der Waals surface area contributed by atoms with Crippen LogP contribution in [0.5, 0.6) is 0 Å². The first kappa shape index (κ1) is 16.0. The number of carbonyl (C=O) groups excluding carboxylic acids is 1. The molecule has 1 aliphatic rings. The van der Waals surface area contributed by atoms with Crippen LogP contribution < -0.4 is 5.32 Å². The largest absolute Gasteiger partial charge is 0.344 e. The standard InChI is InChI=1S/C17H20ClNOS2/c1-8(2)15-9(3)10(4)21-16(15)17(20)19-12-5-6-13-11(12)7-14(18)22-13/h7-8,12H,5-6H2,1-4H3,(H,19,20)/t12-/m0/s1. The molecule has 1 atom stereocenters. The van der Waals surface area contributed by atoms with Crippen molar-refractivity contribution in [2.45, 2.75) is 52.5 Å². The van der Waals surface area contributed by atoms with Crippen LogP contribution in [-0.2, 0) is 6.42 Å². The zero-order valence-electron chi connectivity index (χ0n) is 13.2. The van der Waals surface area contributed by atoms with Gasteiger partial charge in [-0.3, -0.25) is 4.79 Å². The predicted octanol–water partition coefficient (Wildman–Crippen LogP) is 5.62. The third-order valence-corrected chi connectivity index (χ3v) is 6.93. The SMILES string of the molecule is Cc1sc(C(=O)N[C@H]2CCc3sc(Cl)cc32)c(C(C)C)c1C. The van der Waals surface area contributed by atoms with E-state index in [1.54, 1.807) is 22.7 Å². The molecule has 0 saturated heterocycles. The molecule has 0 spiro atoms. The molecular weight excluding hydrogens is 334 g/mol. The molecule has 2 aromatic heterocycles. The maximum Gasteiger partial charge on any atom is 0.262 e. The Bertz CT molecular complexity index is 729. The number of halogens is 1. The number of aryl methyl sites for hydroxylation is 2. The Kier molecular flexibility index (Phi) is 4.36. The molecule has 0 bridgehead atoms. The molecule has 0 aromatic carbocycles. The second kappa shape index (κ2) is 5.99. The Balaban J connectivity index is 1.86. The summed E-state index contributed by atoms with van der Waals surface area (Å²) in [6, 6.07) is 2.11. The molecule has 2 aromatic rings. The number of hydrogen-bond acceptors (Lipinski definition) is 3. The third kappa shape index (κ3) is 2.72. The fourth-order valence-electron chi connectivity index (χ4n) is 3.21. The van der Waals surface area contributed by atoms with Gasteiger partial charge in [0.1, 0.15) is 0 Å². The first-order valence-electron chi connectivity index (χ1n) is 7.57. The zero-order chi connectivity index (χ0) is 16.0. The van der Waals surface area contributed by atoms with E-state index in [1.807, 2.05) is 6.07 Å². The zero-order valence-corrected chi connectivity index (χ0v) is 15.6. The average molecular weight is 354 g/mol. The summed E-state index contributed by atoms with van der Waals surface area (Å²) >= 11 is 9.34. The smallest absolute Gasteiger partial charge is 0.262 e. The maximum atomic E-state index is 12.8. The van der Waals surface area contributed by atoms with Gasteiger partial charge in [-0.1, -0.05) is 25.4 Å². The summed E-state index contributed by atoms with van der Waals surface area (Å²) in [5.74, 6) is 0.422. The molecule has 2 nitrogen and oxygen atoms in total. The lowest BCUT2D eigenvalue weighted by atomic mass is 9.98. The molecule has 1 aliphatic carbocycles. The van der Waals surface area contributed by atoms with Gasteiger partial charge in [0.25, 0.3) is 5.91 Å². The molecule has 22 heavy (non-hydrogen) atoms. The molecule has 3 rings (SSSR count). The Morgan fingerprint density at radius 3 is 2.77 bits per heavy atom. The fourth-order valence-corrected chi connectivity index (χ4v) is 5.79. The Hall–Kier alpha value is -0.840. The van der Waals surface area contributed by atoms with Crippen molar-refractivity contribution < 1.29 is 4.79 Å². The lowest BCUT2D eigenvalue weighted by molar-refractivity contribution is 0.0939. The molecule has 0 radical (unpaired) electrons. The van der Waals surface area contributed by atoms with Gasteiger partial charge >= 0.3 is 0 Å². The summed E-state index contributed by atoms with van der Waals surface area (Å²) in [6.07, 6.45) is 1.99. The molecule has 1 N–H and O–H groups in total. The maximum absolute atomic E-state index is 12.8. The molecule has 0 fully saturated rings. The second-order valence-electron chi connectivity index (χ2n) is 6.17. The van der Waals surface area contributed by atoms with E-state index < -0.39 is 0 Å². The predicted molar refractivity (Wildman–Crippen MR) is 95.7 cm³/mol. The Morgan fingerprint density at radius 2 is 2.09 bits per heavy atom. The highest BCUT2D eigenvalue weighted by molar-refractivity contribution is 7.16. The molecule has 2 heterocycles. The van der Waals surface area contributed by atoms with Gasteiger partial charge in [0.2, 0.25) is 0 Å². The summed E-state index contributed by atoms with van der Waals surface area (Å²) in [7, 11) is 0. The number of rotatable bonds is 3. The summed E-state index contributed by atoms with van der Waals surface area (Å²) in [4.78, 5) is 16.2. The first-order valence-corrected chi connectivity index (χ1v) is 9.58. The molecular formula is C17H20ClNOS2. The number of thiophene rings is 2. The molecule has 0 saturated carbocycles. The van der Waals surface area contributed by atoms with Crippen molar-refractivity contribution >= 4 is 40.2 Å². The minimum atomic E-state index is 0.0603. The van der Waals surface area contributed by atoms with Gasteiger partial charge in [0, 0.05) is 9.75 Å². The lowest BCUT2D eigenvalue weighted by Crippen LogP contribution is -2.27. The molecule has 0 aliphatic heterocycles. The van der Waals surface area contributed by atoms with Crippen LogP contribution in [0.1, 0.15) is 68.3 Å². The van der Waals surface area contributed by atoms with E-state index in [1.165, 1.54) is 26.4 Å². The topological polar surface area (TPSA) is 29.1 Å².